The molecule has 0 spiro atoms. The number of aromatic nitrogens is 1. The second kappa shape index (κ2) is 10.4. The van der Waals surface area contributed by atoms with Gasteiger partial charge in [-0.3, -0.25) is 9.59 Å². The van der Waals surface area contributed by atoms with Crippen LogP contribution >= 0.6 is 0 Å². The molecule has 0 aliphatic heterocycles. The van der Waals surface area contributed by atoms with Crippen molar-refractivity contribution in [1.29, 1.82) is 0 Å². The monoisotopic (exact) mass is 423 g/mol. The second-order valence-electron chi connectivity index (χ2n) is 7.45. The molecule has 162 valence electrons. The van der Waals surface area contributed by atoms with Crippen molar-refractivity contribution in [2.24, 2.45) is 5.92 Å². The van der Waals surface area contributed by atoms with Gasteiger partial charge in [-0.15, -0.1) is 0 Å². The molecule has 2 amide bonds. The summed E-state index contributed by atoms with van der Waals surface area (Å²) in [6, 6.07) is 16.5. The number of ketones is 1. The van der Waals surface area contributed by atoms with Gasteiger partial charge in [0.25, 0.3) is 5.89 Å². The molecule has 2 atom stereocenters. The minimum absolute atomic E-state index is 0.0507. The summed E-state index contributed by atoms with van der Waals surface area (Å²) >= 11 is 0. The number of rotatable bonds is 10. The van der Waals surface area contributed by atoms with Gasteiger partial charge >= 0.3 is 6.09 Å². The first kappa shape index (κ1) is 22.0. The molecule has 3 N–H and O–H groups in total. The van der Waals surface area contributed by atoms with E-state index in [1.165, 1.54) is 0 Å². The Morgan fingerprint density at radius 1 is 1.03 bits per heavy atom. The van der Waals surface area contributed by atoms with Gasteiger partial charge in [0.05, 0.1) is 5.92 Å². The highest BCUT2D eigenvalue weighted by Gasteiger charge is 2.26. The van der Waals surface area contributed by atoms with E-state index in [-0.39, 0.29) is 36.5 Å². The van der Waals surface area contributed by atoms with Crippen LogP contribution in [0.1, 0.15) is 41.9 Å². The molecule has 1 heterocycles. The van der Waals surface area contributed by atoms with Gasteiger partial charge in [0, 0.05) is 19.5 Å². The predicted octanol–water partition coefficient (Wildman–Crippen LogP) is 3.59. The second-order valence-corrected chi connectivity index (χ2v) is 7.45. The van der Waals surface area contributed by atoms with Crippen LogP contribution in [0.4, 0.5) is 4.79 Å². The van der Waals surface area contributed by atoms with Crippen LogP contribution in [0.15, 0.2) is 59.0 Å². The summed E-state index contributed by atoms with van der Waals surface area (Å²) in [4.78, 5) is 40.2. The smallest absolute Gasteiger partial charge is 0.404 e. The Balaban J connectivity index is 1.64. The number of hydrogen-bond acceptors (Lipinski definition) is 5. The average Bonchev–Trinajstić information content (AvgIpc) is 3.20. The van der Waals surface area contributed by atoms with Gasteiger partial charge in [-0.05, 0) is 30.0 Å². The number of nitrogens with one attached hydrogen (secondary N) is 2. The van der Waals surface area contributed by atoms with Crippen LogP contribution in [0.3, 0.4) is 0 Å². The van der Waals surface area contributed by atoms with Crippen molar-refractivity contribution in [2.75, 3.05) is 13.1 Å². The molecule has 0 aliphatic rings. The third-order valence-electron chi connectivity index (χ3n) is 4.91. The number of carbonyl (C=O) groups is 3. The van der Waals surface area contributed by atoms with Gasteiger partial charge in [-0.1, -0.05) is 49.4 Å². The summed E-state index contributed by atoms with van der Waals surface area (Å²) in [5, 5.41) is 13.7. The lowest BCUT2D eigenvalue weighted by molar-refractivity contribution is -0.121. The van der Waals surface area contributed by atoms with Crippen molar-refractivity contribution in [1.82, 2.24) is 15.6 Å². The first-order valence-corrected chi connectivity index (χ1v) is 10.1. The Morgan fingerprint density at radius 3 is 2.45 bits per heavy atom. The van der Waals surface area contributed by atoms with Gasteiger partial charge in [-0.2, -0.15) is 0 Å². The quantitative estimate of drug-likeness (QED) is 0.429. The molecule has 1 aromatic heterocycles. The molecular formula is C23H25N3O5. The standard InChI is InChI=1S/C23H25N3O5/c1-15(14-25-23(29)30)13-20(27)24-12-11-17(16-7-3-2-4-8-16)21(28)22-26-18-9-5-6-10-19(18)31-22/h2-10,15,17,25H,11-14H2,1H3,(H,24,27)(H,29,30). The van der Waals surface area contributed by atoms with E-state index in [0.717, 1.165) is 5.56 Å². The fourth-order valence-corrected chi connectivity index (χ4v) is 3.34. The Hall–Kier alpha value is -3.68. The summed E-state index contributed by atoms with van der Waals surface area (Å²) < 4.78 is 5.66. The van der Waals surface area contributed by atoms with E-state index >= 15 is 0 Å². The Kier molecular flexibility index (Phi) is 7.37. The number of amides is 2. The number of hydrogen-bond donors (Lipinski definition) is 3. The van der Waals surface area contributed by atoms with E-state index in [1.807, 2.05) is 42.5 Å². The Bertz CT molecular complexity index is 1010. The fraction of sp³-hybridized carbons (Fsp3) is 0.304. The highest BCUT2D eigenvalue weighted by atomic mass is 16.4. The number of carboxylic acid groups (broad SMARTS) is 1. The molecule has 8 heteroatoms. The van der Waals surface area contributed by atoms with Crippen molar-refractivity contribution in [2.45, 2.75) is 25.7 Å². The number of oxazole rings is 1. The molecule has 0 aliphatic carbocycles. The van der Waals surface area contributed by atoms with E-state index in [9.17, 15) is 14.4 Å². The van der Waals surface area contributed by atoms with Gasteiger partial charge in [-0.25, -0.2) is 9.78 Å². The van der Waals surface area contributed by atoms with E-state index in [2.05, 4.69) is 15.6 Å². The van der Waals surface area contributed by atoms with Crippen molar-refractivity contribution in [3.63, 3.8) is 0 Å². The first-order valence-electron chi connectivity index (χ1n) is 10.1. The minimum Gasteiger partial charge on any atom is -0.465 e. The molecule has 0 saturated carbocycles. The number of para-hydroxylation sites is 2. The van der Waals surface area contributed by atoms with Crippen LogP contribution in [0.2, 0.25) is 0 Å². The zero-order chi connectivity index (χ0) is 22.2. The van der Waals surface area contributed by atoms with Crippen LogP contribution in [0, 0.1) is 5.92 Å². The molecule has 2 unspecified atom stereocenters. The summed E-state index contributed by atoms with van der Waals surface area (Å²) in [6.45, 7) is 2.29. The third kappa shape index (κ3) is 6.15. The molecule has 0 saturated heterocycles. The lowest BCUT2D eigenvalue weighted by Gasteiger charge is -2.16. The maximum atomic E-state index is 13.2. The number of Topliss-reactive ketones (excluding diaryl/α,β-unsaturated/α-hetero) is 1. The molecule has 0 bridgehead atoms. The molecule has 8 nitrogen and oxygen atoms in total. The average molecular weight is 423 g/mol. The van der Waals surface area contributed by atoms with E-state index in [1.54, 1.807) is 19.1 Å². The zero-order valence-corrected chi connectivity index (χ0v) is 17.2. The summed E-state index contributed by atoms with van der Waals surface area (Å²) in [6.07, 6.45) is -0.541. The number of nitrogens with zero attached hydrogens (tertiary/aromatic N) is 1. The van der Waals surface area contributed by atoms with Crippen molar-refractivity contribution in [3.05, 3.63) is 66.1 Å². The number of fused-ring (bicyclic) bond motifs is 1. The zero-order valence-electron chi connectivity index (χ0n) is 17.2. The number of carbonyl (C=O) groups excluding carboxylic acids is 2. The molecular weight excluding hydrogens is 398 g/mol. The Morgan fingerprint density at radius 2 is 1.74 bits per heavy atom. The molecule has 3 aromatic rings. The first-order chi connectivity index (χ1) is 14.9. The lowest BCUT2D eigenvalue weighted by Crippen LogP contribution is -2.32. The highest BCUT2D eigenvalue weighted by Crippen LogP contribution is 2.26. The van der Waals surface area contributed by atoms with Gasteiger partial charge in [0.15, 0.2) is 5.58 Å². The molecule has 31 heavy (non-hydrogen) atoms. The van der Waals surface area contributed by atoms with Crippen molar-refractivity contribution in [3.8, 4) is 0 Å². The van der Waals surface area contributed by atoms with Gasteiger partial charge in [0.2, 0.25) is 11.7 Å². The molecule has 0 fully saturated rings. The van der Waals surface area contributed by atoms with Crippen LogP contribution in [-0.2, 0) is 4.79 Å². The SMILES string of the molecule is CC(CNC(=O)O)CC(=O)NCCC(C(=O)c1nc2ccccc2o1)c1ccccc1. The molecule has 2 aromatic carbocycles. The van der Waals surface area contributed by atoms with Crippen LogP contribution in [0.25, 0.3) is 11.1 Å². The van der Waals surface area contributed by atoms with Gasteiger partial charge in [0.1, 0.15) is 5.52 Å². The van der Waals surface area contributed by atoms with Crippen molar-refractivity contribution >= 4 is 28.9 Å². The summed E-state index contributed by atoms with van der Waals surface area (Å²) in [7, 11) is 0. The maximum absolute atomic E-state index is 13.2. The molecule has 3 rings (SSSR count). The van der Waals surface area contributed by atoms with E-state index < -0.39 is 12.0 Å². The largest absolute Gasteiger partial charge is 0.465 e. The van der Waals surface area contributed by atoms with Crippen LogP contribution in [-0.4, -0.2) is 41.0 Å². The third-order valence-corrected chi connectivity index (χ3v) is 4.91. The lowest BCUT2D eigenvalue weighted by atomic mass is 9.91. The fourth-order valence-electron chi connectivity index (χ4n) is 3.34. The summed E-state index contributed by atoms with van der Waals surface area (Å²) in [5.41, 5.74) is 1.99. The normalized spacial score (nSPS) is 12.8. The van der Waals surface area contributed by atoms with Crippen LogP contribution in [0.5, 0.6) is 0 Å². The van der Waals surface area contributed by atoms with Crippen LogP contribution < -0.4 is 10.6 Å². The van der Waals surface area contributed by atoms with Gasteiger partial charge < -0.3 is 20.2 Å². The maximum Gasteiger partial charge on any atom is 0.404 e. The Labute approximate surface area is 179 Å². The highest BCUT2D eigenvalue weighted by molar-refractivity contribution is 5.99. The van der Waals surface area contributed by atoms with Crippen molar-refractivity contribution < 1.29 is 23.9 Å². The molecule has 0 radical (unpaired) electrons. The predicted molar refractivity (Wildman–Crippen MR) is 115 cm³/mol. The number of benzene rings is 2. The summed E-state index contributed by atoms with van der Waals surface area (Å²) in [5.74, 6) is -1.03. The van der Waals surface area contributed by atoms with E-state index in [4.69, 9.17) is 9.52 Å². The minimum atomic E-state index is -1.12. The topological polar surface area (TPSA) is 122 Å². The van der Waals surface area contributed by atoms with E-state index in [0.29, 0.717) is 24.1 Å².